The van der Waals surface area contributed by atoms with Gasteiger partial charge in [-0.05, 0) is 24.4 Å². The maximum atomic E-state index is 11.9. The summed E-state index contributed by atoms with van der Waals surface area (Å²) in [4.78, 5) is 25.7. The molecule has 0 spiro atoms. The van der Waals surface area contributed by atoms with Gasteiger partial charge in [-0.1, -0.05) is 0 Å². The molecule has 3 rings (SSSR count). The number of hydrogen-bond donors (Lipinski definition) is 2. The number of piperidine rings is 1. The molecule has 2 aliphatic heterocycles. The molecule has 20 heavy (non-hydrogen) atoms. The van der Waals surface area contributed by atoms with Gasteiger partial charge in [0.25, 0.3) is 0 Å². The van der Waals surface area contributed by atoms with Crippen molar-refractivity contribution in [3.63, 3.8) is 0 Å². The number of carbonyl (C=O) groups is 2. The number of ether oxygens (including phenoxy) is 1. The fraction of sp³-hybridized carbons (Fsp3) is 0.583. The average molecular weight is 296 g/mol. The molecule has 2 fully saturated rings. The van der Waals surface area contributed by atoms with Crippen molar-refractivity contribution in [2.75, 3.05) is 30.8 Å². The Morgan fingerprint density at radius 3 is 3.15 bits per heavy atom. The summed E-state index contributed by atoms with van der Waals surface area (Å²) in [5.41, 5.74) is 6.10. The van der Waals surface area contributed by atoms with Crippen molar-refractivity contribution >= 4 is 34.2 Å². The molecular formula is C12H16N4O3S. The number of nitrogens with two attached hydrogens (primary N) is 1. The molecule has 2 aliphatic rings. The van der Waals surface area contributed by atoms with Crippen molar-refractivity contribution < 1.29 is 14.3 Å². The molecule has 3 N–H and O–H groups in total. The van der Waals surface area contributed by atoms with Crippen LogP contribution >= 0.6 is 11.5 Å². The van der Waals surface area contributed by atoms with E-state index in [2.05, 4.69) is 14.6 Å². The summed E-state index contributed by atoms with van der Waals surface area (Å²) in [6.07, 6.45) is 1.79. The predicted molar refractivity (Wildman–Crippen MR) is 74.7 cm³/mol. The average Bonchev–Trinajstić information content (AvgIpc) is 3.02. The van der Waals surface area contributed by atoms with Gasteiger partial charge in [0.15, 0.2) is 5.82 Å². The highest BCUT2D eigenvalue weighted by Gasteiger charge is 2.42. The molecule has 2 unspecified atom stereocenters. The molecule has 0 aliphatic carbocycles. The Labute approximate surface area is 120 Å². The van der Waals surface area contributed by atoms with Gasteiger partial charge in [0.1, 0.15) is 10.6 Å². The third-order valence-electron chi connectivity index (χ3n) is 3.95. The van der Waals surface area contributed by atoms with Crippen molar-refractivity contribution in [1.29, 1.82) is 0 Å². The van der Waals surface area contributed by atoms with E-state index in [1.165, 1.54) is 18.6 Å². The van der Waals surface area contributed by atoms with Crippen LogP contribution in [0.25, 0.3) is 0 Å². The number of nitrogens with zero attached hydrogens (tertiary/aromatic N) is 2. The van der Waals surface area contributed by atoms with Crippen molar-refractivity contribution in [3.8, 4) is 0 Å². The third kappa shape index (κ3) is 1.91. The molecule has 3 heterocycles. The van der Waals surface area contributed by atoms with Gasteiger partial charge in [0, 0.05) is 13.1 Å². The van der Waals surface area contributed by atoms with Gasteiger partial charge in [-0.3, -0.25) is 4.79 Å². The Morgan fingerprint density at radius 1 is 1.60 bits per heavy atom. The predicted octanol–water partition coefficient (Wildman–Crippen LogP) is 0.227. The minimum absolute atomic E-state index is 0.0161. The summed E-state index contributed by atoms with van der Waals surface area (Å²) in [6.45, 7) is 1.39. The number of fused-ring (bicyclic) bond motifs is 1. The van der Waals surface area contributed by atoms with Crippen LogP contribution in [0.2, 0.25) is 0 Å². The number of hydrogen-bond acceptors (Lipinski definition) is 7. The van der Waals surface area contributed by atoms with Crippen LogP contribution in [0.5, 0.6) is 0 Å². The van der Waals surface area contributed by atoms with Crippen LogP contribution in [0.3, 0.4) is 0 Å². The summed E-state index contributed by atoms with van der Waals surface area (Å²) in [7, 11) is 1.32. The van der Waals surface area contributed by atoms with E-state index in [1.807, 2.05) is 0 Å². The summed E-state index contributed by atoms with van der Waals surface area (Å²) in [6, 6.07) is 0.0690. The van der Waals surface area contributed by atoms with E-state index in [4.69, 9.17) is 10.5 Å². The van der Waals surface area contributed by atoms with Crippen LogP contribution in [0.1, 0.15) is 23.2 Å². The number of anilines is 2. The van der Waals surface area contributed by atoms with E-state index in [0.717, 1.165) is 19.4 Å². The second-order valence-corrected chi connectivity index (χ2v) is 5.75. The molecule has 7 nitrogen and oxygen atoms in total. The molecule has 2 saturated heterocycles. The summed E-state index contributed by atoms with van der Waals surface area (Å²) in [5.74, 6) is -0.212. The zero-order chi connectivity index (χ0) is 14.3. The Balaban J connectivity index is 1.96. The van der Waals surface area contributed by atoms with Crippen LogP contribution in [0, 0.1) is 5.92 Å². The molecule has 1 aromatic rings. The maximum absolute atomic E-state index is 11.9. The normalized spacial score (nSPS) is 25.2. The first-order valence-corrected chi connectivity index (χ1v) is 7.28. The van der Waals surface area contributed by atoms with Crippen molar-refractivity contribution in [3.05, 3.63) is 5.56 Å². The number of amides is 1. The van der Waals surface area contributed by atoms with E-state index in [1.54, 1.807) is 0 Å². The first-order chi connectivity index (χ1) is 9.63. The summed E-state index contributed by atoms with van der Waals surface area (Å²) < 4.78 is 8.84. The summed E-state index contributed by atoms with van der Waals surface area (Å²) >= 11 is 1.19. The molecule has 8 heteroatoms. The number of aromatic nitrogens is 1. The Kier molecular flexibility index (Phi) is 3.25. The van der Waals surface area contributed by atoms with Gasteiger partial charge in [0.2, 0.25) is 5.91 Å². The van der Waals surface area contributed by atoms with Gasteiger partial charge in [-0.15, -0.1) is 0 Å². The van der Waals surface area contributed by atoms with Crippen LogP contribution in [0.15, 0.2) is 0 Å². The van der Waals surface area contributed by atoms with E-state index < -0.39 is 5.97 Å². The molecule has 1 amide bonds. The molecule has 1 aromatic heterocycles. The van der Waals surface area contributed by atoms with E-state index in [0.29, 0.717) is 17.1 Å². The largest absolute Gasteiger partial charge is 0.465 e. The van der Waals surface area contributed by atoms with Crippen molar-refractivity contribution in [2.45, 2.75) is 18.9 Å². The zero-order valence-electron chi connectivity index (χ0n) is 11.1. The lowest BCUT2D eigenvalue weighted by molar-refractivity contribution is -0.122. The van der Waals surface area contributed by atoms with E-state index in [9.17, 15) is 9.59 Å². The van der Waals surface area contributed by atoms with Gasteiger partial charge in [-0.2, -0.15) is 4.37 Å². The molecular weight excluding hydrogens is 280 g/mol. The number of carbonyl (C=O) groups excluding carboxylic acids is 2. The maximum Gasteiger partial charge on any atom is 0.344 e. The van der Waals surface area contributed by atoms with Crippen LogP contribution in [-0.4, -0.2) is 42.5 Å². The van der Waals surface area contributed by atoms with E-state index >= 15 is 0 Å². The lowest BCUT2D eigenvalue weighted by Crippen LogP contribution is -2.45. The lowest BCUT2D eigenvalue weighted by atomic mass is 9.91. The number of methoxy groups -OCH3 is 1. The van der Waals surface area contributed by atoms with Crippen molar-refractivity contribution in [1.82, 2.24) is 9.69 Å². The van der Waals surface area contributed by atoms with Crippen LogP contribution in [-0.2, 0) is 9.53 Å². The van der Waals surface area contributed by atoms with Gasteiger partial charge < -0.3 is 20.7 Å². The van der Waals surface area contributed by atoms with Gasteiger partial charge >= 0.3 is 5.97 Å². The Bertz CT molecular complexity index is 559. The zero-order valence-corrected chi connectivity index (χ0v) is 11.9. The van der Waals surface area contributed by atoms with Crippen LogP contribution < -0.4 is 16.0 Å². The molecule has 2 atom stereocenters. The second kappa shape index (κ2) is 4.93. The molecule has 0 radical (unpaired) electrons. The minimum Gasteiger partial charge on any atom is -0.465 e. The molecule has 0 bridgehead atoms. The van der Waals surface area contributed by atoms with Crippen LogP contribution in [0.4, 0.5) is 10.8 Å². The second-order valence-electron chi connectivity index (χ2n) is 4.99. The topological polar surface area (TPSA) is 97.6 Å². The first kappa shape index (κ1) is 13.2. The fourth-order valence-electron chi connectivity index (χ4n) is 2.99. The fourth-order valence-corrected chi connectivity index (χ4v) is 3.87. The SMILES string of the molecule is COC(=O)c1c(N)nsc1N1CCCC2C(=O)NCC21. The van der Waals surface area contributed by atoms with Gasteiger partial charge in [0.05, 0.1) is 19.1 Å². The number of rotatable bonds is 2. The first-order valence-electron chi connectivity index (χ1n) is 6.51. The Morgan fingerprint density at radius 2 is 2.40 bits per heavy atom. The molecule has 0 aromatic carbocycles. The highest BCUT2D eigenvalue weighted by atomic mass is 32.1. The smallest absolute Gasteiger partial charge is 0.344 e. The standard InChI is InChI=1S/C12H16N4O3S/c1-19-12(18)8-9(13)15-20-11(8)16-4-2-3-6-7(16)5-14-10(6)17/h6-7H,2-5H2,1H3,(H2,13,15)(H,14,17). The number of nitrogen functional groups attached to an aromatic ring is 1. The minimum atomic E-state index is -0.481. The third-order valence-corrected chi connectivity index (χ3v) is 4.85. The number of nitrogens with one attached hydrogen (secondary N) is 1. The molecule has 108 valence electrons. The monoisotopic (exact) mass is 296 g/mol. The molecule has 0 saturated carbocycles. The Hall–Kier alpha value is -1.83. The lowest BCUT2D eigenvalue weighted by Gasteiger charge is -2.36. The van der Waals surface area contributed by atoms with Crippen molar-refractivity contribution in [2.24, 2.45) is 5.92 Å². The highest BCUT2D eigenvalue weighted by Crippen LogP contribution is 2.38. The quantitative estimate of drug-likeness (QED) is 0.758. The van der Waals surface area contributed by atoms with Gasteiger partial charge in [-0.25, -0.2) is 4.79 Å². The number of esters is 1. The van der Waals surface area contributed by atoms with E-state index in [-0.39, 0.29) is 23.7 Å². The summed E-state index contributed by atoms with van der Waals surface area (Å²) in [5, 5.41) is 3.60. The highest BCUT2D eigenvalue weighted by molar-refractivity contribution is 7.11.